The first-order chi connectivity index (χ1) is 28.4. The number of nitrogens with one attached hydrogen (secondary N) is 2. The van der Waals surface area contributed by atoms with Crippen LogP contribution in [0.1, 0.15) is 42.7 Å². The predicted molar refractivity (Wildman–Crippen MR) is 216 cm³/mol. The van der Waals surface area contributed by atoms with E-state index in [2.05, 4.69) is 51.7 Å². The number of hydrogen-bond donors (Lipinski definition) is 2. The van der Waals surface area contributed by atoms with Crippen LogP contribution >= 0.6 is 11.3 Å². The molecule has 0 spiro atoms. The summed E-state index contributed by atoms with van der Waals surface area (Å²) in [6.07, 6.45) is 7.75. The number of nitriles is 1. The van der Waals surface area contributed by atoms with E-state index in [1.54, 1.807) is 23.0 Å². The molecule has 4 saturated heterocycles. The summed E-state index contributed by atoms with van der Waals surface area (Å²) in [5.41, 5.74) is 5.53. The first kappa shape index (κ1) is 37.5. The van der Waals surface area contributed by atoms with Crippen LogP contribution in [0.5, 0.6) is 0 Å². The van der Waals surface area contributed by atoms with E-state index in [0.717, 1.165) is 88.7 Å². The third kappa shape index (κ3) is 7.92. The van der Waals surface area contributed by atoms with Gasteiger partial charge < -0.3 is 24.8 Å². The van der Waals surface area contributed by atoms with Crippen LogP contribution in [0.4, 0.5) is 16.6 Å². The van der Waals surface area contributed by atoms with Gasteiger partial charge >= 0.3 is 0 Å². The lowest BCUT2D eigenvalue weighted by Crippen LogP contribution is -2.54. The van der Waals surface area contributed by atoms with E-state index in [-0.39, 0.29) is 29.7 Å². The average Bonchev–Trinajstić information content (AvgIpc) is 3.92. The molecule has 4 aliphatic heterocycles. The van der Waals surface area contributed by atoms with Crippen LogP contribution < -0.4 is 20.4 Å². The topological polar surface area (TPSA) is 190 Å². The zero-order valence-electron chi connectivity index (χ0n) is 31.9. The molecule has 0 radical (unpaired) electrons. The molecule has 4 fully saturated rings. The third-order valence-corrected chi connectivity index (χ3v) is 12.4. The van der Waals surface area contributed by atoms with Gasteiger partial charge in [-0.2, -0.15) is 10.4 Å². The molecule has 4 aliphatic rings. The Morgan fingerprint density at radius 1 is 0.931 bits per heavy atom. The Labute approximate surface area is 338 Å². The molecule has 0 unspecified atom stereocenters. The summed E-state index contributed by atoms with van der Waals surface area (Å²) in [5, 5.41) is 30.8. The van der Waals surface area contributed by atoms with Crippen LogP contribution in [0.15, 0.2) is 55.0 Å². The summed E-state index contributed by atoms with van der Waals surface area (Å²) in [5.74, 6) is 0.105. The number of piperidine rings is 1. The lowest BCUT2D eigenvalue weighted by atomic mass is 9.91. The minimum absolute atomic E-state index is 0.121. The molecule has 2 N–H and O–H groups in total. The van der Waals surface area contributed by atoms with Crippen molar-refractivity contribution in [2.75, 3.05) is 87.2 Å². The number of anilines is 3. The van der Waals surface area contributed by atoms with Gasteiger partial charge in [0.05, 0.1) is 46.7 Å². The molecule has 5 aromatic rings. The van der Waals surface area contributed by atoms with Crippen molar-refractivity contribution in [3.05, 3.63) is 66.1 Å². The fourth-order valence-electron chi connectivity index (χ4n) is 8.06. The van der Waals surface area contributed by atoms with Crippen LogP contribution in [0.2, 0.25) is 0 Å². The number of pyridine rings is 2. The molecule has 17 nitrogen and oxygen atoms in total. The lowest BCUT2D eigenvalue weighted by molar-refractivity contribution is -0.134. The summed E-state index contributed by atoms with van der Waals surface area (Å²) < 4.78 is 7.41. The number of fused-ring (bicyclic) bond motifs is 1. The number of rotatable bonds is 9. The summed E-state index contributed by atoms with van der Waals surface area (Å²) in [6, 6.07) is 13.9. The van der Waals surface area contributed by atoms with E-state index >= 15 is 0 Å². The van der Waals surface area contributed by atoms with Crippen molar-refractivity contribution in [3.8, 4) is 28.0 Å². The molecule has 9 heterocycles. The molecule has 18 heteroatoms. The van der Waals surface area contributed by atoms with Gasteiger partial charge in [-0.3, -0.25) is 29.6 Å². The van der Waals surface area contributed by atoms with Gasteiger partial charge in [-0.1, -0.05) is 11.3 Å². The zero-order chi connectivity index (χ0) is 39.6. The molecule has 0 bridgehead atoms. The minimum Gasteiger partial charge on any atom is -0.381 e. The van der Waals surface area contributed by atoms with Gasteiger partial charge in [-0.05, 0) is 61.2 Å². The second kappa shape index (κ2) is 16.4. The molecule has 3 amide bonds. The number of piperazine rings is 2. The summed E-state index contributed by atoms with van der Waals surface area (Å²) in [7, 11) is 0. The quantitative estimate of drug-likeness (QED) is 0.207. The molecule has 298 valence electrons. The van der Waals surface area contributed by atoms with Crippen molar-refractivity contribution >= 4 is 51.2 Å². The zero-order valence-corrected chi connectivity index (χ0v) is 32.7. The van der Waals surface area contributed by atoms with Gasteiger partial charge in [0.15, 0.2) is 5.01 Å². The SMILES string of the molecule is N#Cc1cnn2c(-c3cc(NC4CCOCC4)c(-c4nnc(N5CCN(C(=O)CN6CCN(c7cc([C@H]8CCC(=O)NC8=O)ccn7)CC6)CC5)s4)cn3)ccc2c1. The van der Waals surface area contributed by atoms with Gasteiger partial charge in [-0.25, -0.2) is 9.50 Å². The van der Waals surface area contributed by atoms with Gasteiger partial charge in [-0.15, -0.1) is 10.2 Å². The van der Waals surface area contributed by atoms with E-state index < -0.39 is 0 Å². The largest absolute Gasteiger partial charge is 0.381 e. The molecule has 0 aliphatic carbocycles. The van der Waals surface area contributed by atoms with Crippen molar-refractivity contribution < 1.29 is 19.1 Å². The Morgan fingerprint density at radius 3 is 2.53 bits per heavy atom. The van der Waals surface area contributed by atoms with Gasteiger partial charge in [0.2, 0.25) is 22.9 Å². The molecular weight excluding hydrogens is 759 g/mol. The summed E-state index contributed by atoms with van der Waals surface area (Å²) >= 11 is 1.52. The Bertz CT molecular complexity index is 2370. The maximum atomic E-state index is 13.5. The second-order valence-electron chi connectivity index (χ2n) is 15.0. The smallest absolute Gasteiger partial charge is 0.236 e. The number of aromatic nitrogens is 6. The maximum Gasteiger partial charge on any atom is 0.236 e. The van der Waals surface area contributed by atoms with Crippen molar-refractivity contribution in [2.24, 2.45) is 0 Å². The number of nitrogens with zero attached hydrogens (tertiary/aromatic N) is 11. The van der Waals surface area contributed by atoms with E-state index in [1.165, 1.54) is 11.3 Å². The molecule has 0 aromatic carbocycles. The maximum absolute atomic E-state index is 13.5. The van der Waals surface area contributed by atoms with Crippen LogP contribution in [0.25, 0.3) is 27.5 Å². The van der Waals surface area contributed by atoms with E-state index in [9.17, 15) is 19.6 Å². The Hall–Kier alpha value is -6.03. The first-order valence-corrected chi connectivity index (χ1v) is 20.6. The fourth-order valence-corrected chi connectivity index (χ4v) is 8.98. The standard InChI is InChI=1S/C40H43N13O4S/c41-22-26-19-29-1-3-34(53(29)44-23-26)33-21-32(45-28-6-17-57-18-7-28)31(24-43-33)39-47-48-40(58-39)52-15-13-51(14-16-52)37(55)25-49-9-11-50(12-10-49)35-20-27(5-8-42-35)30-2-4-36(54)46-38(30)56/h1,3,5,8,19-21,23-24,28,30H,2,4,6-7,9-18,25H2,(H,43,45)(H,46,54,56)/t30-/m1/s1. The number of amides is 3. The third-order valence-electron chi connectivity index (χ3n) is 11.4. The summed E-state index contributed by atoms with van der Waals surface area (Å²) in [6.45, 7) is 7.21. The lowest BCUT2D eigenvalue weighted by Gasteiger charge is -2.38. The van der Waals surface area contributed by atoms with E-state index in [4.69, 9.17) is 9.72 Å². The number of hydrogen-bond acceptors (Lipinski definition) is 15. The van der Waals surface area contributed by atoms with Crippen molar-refractivity contribution in [1.29, 1.82) is 5.26 Å². The van der Waals surface area contributed by atoms with Crippen molar-refractivity contribution in [2.45, 2.75) is 37.6 Å². The Kier molecular flexibility index (Phi) is 10.6. The number of imide groups is 1. The van der Waals surface area contributed by atoms with E-state index in [1.807, 2.05) is 41.4 Å². The van der Waals surface area contributed by atoms with Gasteiger partial charge in [0, 0.05) is 96.1 Å². The van der Waals surface area contributed by atoms with Crippen LogP contribution in [-0.4, -0.2) is 135 Å². The number of carbonyl (C=O) groups is 3. The molecule has 5 aromatic heterocycles. The molecule has 9 rings (SSSR count). The Morgan fingerprint density at radius 2 is 1.74 bits per heavy atom. The summed E-state index contributed by atoms with van der Waals surface area (Å²) in [4.78, 5) is 55.4. The fraction of sp³-hybridized carbons (Fsp3) is 0.425. The molecule has 58 heavy (non-hydrogen) atoms. The highest BCUT2D eigenvalue weighted by atomic mass is 32.1. The average molecular weight is 802 g/mol. The van der Waals surface area contributed by atoms with Gasteiger partial charge in [0.25, 0.3) is 0 Å². The van der Waals surface area contributed by atoms with Crippen LogP contribution in [-0.2, 0) is 19.1 Å². The molecule has 1 atom stereocenters. The normalized spacial score (nSPS) is 19.6. The van der Waals surface area contributed by atoms with Crippen LogP contribution in [0, 0.1) is 11.3 Å². The monoisotopic (exact) mass is 801 g/mol. The molecule has 0 saturated carbocycles. The Balaban J connectivity index is 0.811. The van der Waals surface area contributed by atoms with Crippen LogP contribution in [0.3, 0.4) is 0 Å². The predicted octanol–water partition coefficient (Wildman–Crippen LogP) is 2.76. The second-order valence-corrected chi connectivity index (χ2v) is 16.0. The minimum atomic E-state index is -0.349. The van der Waals surface area contributed by atoms with E-state index in [0.29, 0.717) is 64.3 Å². The highest BCUT2D eigenvalue weighted by Crippen LogP contribution is 2.37. The van der Waals surface area contributed by atoms with Crippen molar-refractivity contribution in [1.82, 2.24) is 44.9 Å². The highest BCUT2D eigenvalue weighted by Gasteiger charge is 2.30. The molecular formula is C40H43N13O4S. The van der Waals surface area contributed by atoms with Crippen molar-refractivity contribution in [3.63, 3.8) is 0 Å². The first-order valence-electron chi connectivity index (χ1n) is 19.7. The van der Waals surface area contributed by atoms with Gasteiger partial charge in [0.1, 0.15) is 11.9 Å². The highest BCUT2D eigenvalue weighted by molar-refractivity contribution is 7.18. The number of carbonyl (C=O) groups excluding carboxylic acids is 3. The number of ether oxygens (including phenoxy) is 1.